The molecule has 5 nitrogen and oxygen atoms in total. The van der Waals surface area contributed by atoms with E-state index in [0.29, 0.717) is 17.2 Å². The van der Waals surface area contributed by atoms with Gasteiger partial charge in [0.05, 0.1) is 0 Å². The lowest BCUT2D eigenvalue weighted by molar-refractivity contribution is 0.101. The Labute approximate surface area is 152 Å². The van der Waals surface area contributed by atoms with Gasteiger partial charge in [0.15, 0.2) is 11.6 Å². The van der Waals surface area contributed by atoms with Crippen LogP contribution in [0.5, 0.6) is 0 Å². The number of benzene rings is 1. The Balaban J connectivity index is 0.00000144. The molecule has 3 aromatic rings. The Morgan fingerprint density at radius 2 is 1.88 bits per heavy atom. The Hall–Kier alpha value is -2.50. The van der Waals surface area contributed by atoms with Crippen LogP contribution in [0.3, 0.4) is 0 Å². The van der Waals surface area contributed by atoms with Gasteiger partial charge in [-0.05, 0) is 37.3 Å². The van der Waals surface area contributed by atoms with Gasteiger partial charge in [0, 0.05) is 35.4 Å². The summed E-state index contributed by atoms with van der Waals surface area (Å²) in [7, 11) is 0. The number of Topliss-reactive ketones (excluding diaryl/α,β-unsaturated/α-hetero) is 1. The van der Waals surface area contributed by atoms with Crippen LogP contribution in [0.25, 0.3) is 11.4 Å². The number of carbonyl (C=O) groups excluding carboxylic acids is 1. The SMILES string of the molecule is CC(=O)c1cccc(Nc2ccnc(-c3cccnc3)n2)c1.Cl.Cl. The van der Waals surface area contributed by atoms with Gasteiger partial charge < -0.3 is 5.32 Å². The van der Waals surface area contributed by atoms with Crippen molar-refractivity contribution in [2.24, 2.45) is 0 Å². The molecule has 0 unspecified atom stereocenters. The van der Waals surface area contributed by atoms with E-state index in [1.165, 1.54) is 0 Å². The maximum atomic E-state index is 11.4. The standard InChI is InChI=1S/C17H14N4O.2ClH/c1-12(22)13-4-2-6-15(10-13)20-16-7-9-19-17(21-16)14-5-3-8-18-11-14;;/h2-11H,1H3,(H,19,20,21);2*1H. The average Bonchev–Trinajstić information content (AvgIpc) is 2.56. The molecule has 0 atom stereocenters. The molecule has 0 aliphatic carbocycles. The van der Waals surface area contributed by atoms with Gasteiger partial charge in [-0.25, -0.2) is 9.97 Å². The quantitative estimate of drug-likeness (QED) is 0.699. The second kappa shape index (κ2) is 8.96. The first kappa shape index (κ1) is 19.5. The van der Waals surface area contributed by atoms with Gasteiger partial charge in [0.1, 0.15) is 5.82 Å². The van der Waals surface area contributed by atoms with Crippen LogP contribution >= 0.6 is 24.8 Å². The van der Waals surface area contributed by atoms with Crippen LogP contribution in [0.1, 0.15) is 17.3 Å². The molecule has 1 aromatic carbocycles. The number of rotatable bonds is 4. The highest BCUT2D eigenvalue weighted by atomic mass is 35.5. The zero-order valence-electron chi connectivity index (χ0n) is 12.8. The van der Waals surface area contributed by atoms with Gasteiger partial charge in [-0.1, -0.05) is 12.1 Å². The first-order valence-electron chi connectivity index (χ1n) is 6.84. The third kappa shape index (κ3) is 4.75. The Kier molecular flexibility index (Phi) is 7.30. The lowest BCUT2D eigenvalue weighted by Gasteiger charge is -2.08. The Bertz CT molecular complexity index is 812. The highest BCUT2D eigenvalue weighted by molar-refractivity contribution is 5.95. The highest BCUT2D eigenvalue weighted by Gasteiger charge is 2.04. The molecule has 0 bridgehead atoms. The summed E-state index contributed by atoms with van der Waals surface area (Å²) in [6, 6.07) is 12.8. The lowest BCUT2D eigenvalue weighted by Crippen LogP contribution is -1.98. The summed E-state index contributed by atoms with van der Waals surface area (Å²) in [5.41, 5.74) is 2.32. The smallest absolute Gasteiger partial charge is 0.163 e. The molecule has 0 aliphatic heterocycles. The first-order chi connectivity index (χ1) is 10.7. The van der Waals surface area contributed by atoms with Gasteiger partial charge in [0.2, 0.25) is 0 Å². The minimum absolute atomic E-state index is 0. The monoisotopic (exact) mass is 362 g/mol. The fraction of sp³-hybridized carbons (Fsp3) is 0.0588. The number of carbonyl (C=O) groups is 1. The number of nitrogens with one attached hydrogen (secondary N) is 1. The molecule has 0 saturated carbocycles. The van der Waals surface area contributed by atoms with E-state index in [0.717, 1.165) is 11.3 Å². The largest absolute Gasteiger partial charge is 0.340 e. The third-order valence-electron chi connectivity index (χ3n) is 3.12. The molecule has 2 heterocycles. The van der Waals surface area contributed by atoms with Crippen LogP contribution in [0.4, 0.5) is 11.5 Å². The number of hydrogen-bond acceptors (Lipinski definition) is 5. The van der Waals surface area contributed by atoms with E-state index in [2.05, 4.69) is 20.3 Å². The molecule has 24 heavy (non-hydrogen) atoms. The predicted molar refractivity (Wildman–Crippen MR) is 99.5 cm³/mol. The highest BCUT2D eigenvalue weighted by Crippen LogP contribution is 2.19. The van der Waals surface area contributed by atoms with Crippen molar-refractivity contribution in [2.75, 3.05) is 5.32 Å². The summed E-state index contributed by atoms with van der Waals surface area (Å²) in [5, 5.41) is 3.19. The molecule has 124 valence electrons. The normalized spacial score (nSPS) is 9.38. The van der Waals surface area contributed by atoms with Gasteiger partial charge in [-0.15, -0.1) is 24.8 Å². The molecular formula is C17H16Cl2N4O. The van der Waals surface area contributed by atoms with Gasteiger partial charge in [-0.3, -0.25) is 9.78 Å². The number of pyridine rings is 1. The minimum Gasteiger partial charge on any atom is -0.340 e. The first-order valence-corrected chi connectivity index (χ1v) is 6.84. The van der Waals surface area contributed by atoms with E-state index in [9.17, 15) is 4.79 Å². The molecule has 0 radical (unpaired) electrons. The molecule has 0 amide bonds. The minimum atomic E-state index is 0. The van der Waals surface area contributed by atoms with Crippen molar-refractivity contribution in [3.05, 3.63) is 66.6 Å². The van der Waals surface area contributed by atoms with Crippen molar-refractivity contribution < 1.29 is 4.79 Å². The summed E-state index contributed by atoms with van der Waals surface area (Å²) in [6.45, 7) is 1.55. The van der Waals surface area contributed by atoms with E-state index in [-0.39, 0.29) is 30.6 Å². The van der Waals surface area contributed by atoms with Gasteiger partial charge in [-0.2, -0.15) is 0 Å². The summed E-state index contributed by atoms with van der Waals surface area (Å²) in [6.07, 6.45) is 5.11. The Morgan fingerprint density at radius 1 is 1.04 bits per heavy atom. The van der Waals surface area contributed by atoms with E-state index in [1.54, 1.807) is 43.7 Å². The summed E-state index contributed by atoms with van der Waals surface area (Å²) in [5.74, 6) is 1.29. The molecule has 7 heteroatoms. The molecule has 0 spiro atoms. The van der Waals surface area contributed by atoms with Crippen molar-refractivity contribution in [3.63, 3.8) is 0 Å². The number of ketones is 1. The van der Waals surface area contributed by atoms with Gasteiger partial charge >= 0.3 is 0 Å². The number of hydrogen-bond donors (Lipinski definition) is 1. The number of nitrogens with zero attached hydrogens (tertiary/aromatic N) is 3. The third-order valence-corrected chi connectivity index (χ3v) is 3.12. The fourth-order valence-corrected chi connectivity index (χ4v) is 2.03. The van der Waals surface area contributed by atoms with Crippen molar-refractivity contribution >= 4 is 42.1 Å². The predicted octanol–water partition coefficient (Wildman–Crippen LogP) is 4.33. The van der Waals surface area contributed by atoms with E-state index in [1.807, 2.05) is 24.3 Å². The summed E-state index contributed by atoms with van der Waals surface area (Å²) >= 11 is 0. The van der Waals surface area contributed by atoms with E-state index < -0.39 is 0 Å². The maximum Gasteiger partial charge on any atom is 0.163 e. The molecule has 2 aromatic heterocycles. The molecule has 3 rings (SSSR count). The summed E-state index contributed by atoms with van der Waals surface area (Å²) < 4.78 is 0. The second-order valence-electron chi connectivity index (χ2n) is 4.77. The van der Waals surface area contributed by atoms with Crippen LogP contribution < -0.4 is 5.32 Å². The molecule has 0 aliphatic rings. The van der Waals surface area contributed by atoms with Crippen LogP contribution in [-0.4, -0.2) is 20.7 Å². The van der Waals surface area contributed by atoms with E-state index >= 15 is 0 Å². The average molecular weight is 363 g/mol. The van der Waals surface area contributed by atoms with Crippen molar-refractivity contribution in [1.29, 1.82) is 0 Å². The van der Waals surface area contributed by atoms with Crippen LogP contribution in [0, 0.1) is 0 Å². The topological polar surface area (TPSA) is 67.8 Å². The molecule has 1 N–H and O–H groups in total. The second-order valence-corrected chi connectivity index (χ2v) is 4.77. The van der Waals surface area contributed by atoms with Crippen LogP contribution in [0.2, 0.25) is 0 Å². The van der Waals surface area contributed by atoms with Crippen molar-refractivity contribution in [3.8, 4) is 11.4 Å². The van der Waals surface area contributed by atoms with Crippen LogP contribution in [-0.2, 0) is 0 Å². The lowest BCUT2D eigenvalue weighted by atomic mass is 10.1. The van der Waals surface area contributed by atoms with Crippen molar-refractivity contribution in [1.82, 2.24) is 15.0 Å². The van der Waals surface area contributed by atoms with Crippen molar-refractivity contribution in [2.45, 2.75) is 6.92 Å². The molecule has 0 saturated heterocycles. The zero-order valence-corrected chi connectivity index (χ0v) is 14.5. The number of anilines is 2. The number of aromatic nitrogens is 3. The fourth-order valence-electron chi connectivity index (χ4n) is 2.03. The Morgan fingerprint density at radius 3 is 2.58 bits per heavy atom. The van der Waals surface area contributed by atoms with Gasteiger partial charge in [0.25, 0.3) is 0 Å². The molecular weight excluding hydrogens is 347 g/mol. The maximum absolute atomic E-state index is 11.4. The van der Waals surface area contributed by atoms with E-state index in [4.69, 9.17) is 0 Å². The van der Waals surface area contributed by atoms with Crippen LogP contribution in [0.15, 0.2) is 61.1 Å². The summed E-state index contributed by atoms with van der Waals surface area (Å²) in [4.78, 5) is 24.2. The zero-order chi connectivity index (χ0) is 15.4. The number of halogens is 2. The molecule has 0 fully saturated rings.